The SMILES string of the molecule is Cc1ccc(NC(=O)C(C)Sc2nc3sc(C)c(-c4ccccc4)c3c(=O)[nH]2)cc1. The number of thiophene rings is 1. The third-order valence-corrected chi connectivity index (χ3v) is 6.74. The second-order valence-corrected chi connectivity index (χ2v) is 9.60. The molecule has 0 fully saturated rings. The molecule has 0 aliphatic carbocycles. The first-order valence-corrected chi connectivity index (χ1v) is 11.2. The van der Waals surface area contributed by atoms with Crippen LogP contribution in [0.3, 0.4) is 0 Å². The number of H-pyrrole nitrogens is 1. The number of amides is 1. The average Bonchev–Trinajstić information content (AvgIpc) is 3.06. The van der Waals surface area contributed by atoms with Crippen LogP contribution in [0.25, 0.3) is 21.3 Å². The molecule has 1 unspecified atom stereocenters. The molecule has 0 spiro atoms. The van der Waals surface area contributed by atoms with Crippen LogP contribution < -0.4 is 10.9 Å². The molecule has 0 aliphatic heterocycles. The Hall–Kier alpha value is -2.90. The number of benzene rings is 2. The van der Waals surface area contributed by atoms with E-state index in [1.165, 1.54) is 23.1 Å². The molecule has 0 aliphatic rings. The van der Waals surface area contributed by atoms with Gasteiger partial charge in [-0.15, -0.1) is 11.3 Å². The van der Waals surface area contributed by atoms with Gasteiger partial charge in [0.2, 0.25) is 5.91 Å². The Morgan fingerprint density at radius 3 is 2.50 bits per heavy atom. The highest BCUT2D eigenvalue weighted by Crippen LogP contribution is 2.36. The smallest absolute Gasteiger partial charge is 0.260 e. The summed E-state index contributed by atoms with van der Waals surface area (Å²) in [7, 11) is 0. The van der Waals surface area contributed by atoms with Crippen molar-refractivity contribution in [1.82, 2.24) is 9.97 Å². The average molecular weight is 436 g/mol. The van der Waals surface area contributed by atoms with Crippen LogP contribution >= 0.6 is 23.1 Å². The summed E-state index contributed by atoms with van der Waals surface area (Å²) in [5.74, 6) is -0.140. The van der Waals surface area contributed by atoms with Crippen LogP contribution in [0, 0.1) is 13.8 Å². The molecule has 4 aromatic rings. The number of nitrogens with one attached hydrogen (secondary N) is 2. The molecule has 152 valence electrons. The number of carbonyl (C=O) groups is 1. The molecule has 4 rings (SSSR count). The van der Waals surface area contributed by atoms with Gasteiger partial charge in [-0.3, -0.25) is 9.59 Å². The van der Waals surface area contributed by atoms with Crippen LogP contribution in [0.1, 0.15) is 17.4 Å². The number of aryl methyl sites for hydroxylation is 2. The van der Waals surface area contributed by atoms with Crippen molar-refractivity contribution in [3.63, 3.8) is 0 Å². The second kappa shape index (κ2) is 8.45. The van der Waals surface area contributed by atoms with E-state index < -0.39 is 5.25 Å². The highest BCUT2D eigenvalue weighted by molar-refractivity contribution is 8.00. The number of hydrogen-bond donors (Lipinski definition) is 2. The summed E-state index contributed by atoms with van der Waals surface area (Å²) in [5.41, 5.74) is 3.62. The summed E-state index contributed by atoms with van der Waals surface area (Å²) >= 11 is 2.74. The van der Waals surface area contributed by atoms with Crippen LogP contribution in [0.15, 0.2) is 64.5 Å². The summed E-state index contributed by atoms with van der Waals surface area (Å²) in [6.45, 7) is 5.80. The molecule has 7 heteroatoms. The first kappa shape index (κ1) is 20.4. The standard InChI is InChI=1S/C23H21N3O2S2/c1-13-9-11-17(12-10-13)24-20(27)15(3)30-23-25-21(28)19-18(14(2)29-22(19)26-23)16-7-5-4-6-8-16/h4-12,15H,1-3H3,(H,24,27)(H,25,26,28). The van der Waals surface area contributed by atoms with E-state index in [4.69, 9.17) is 0 Å². The van der Waals surface area contributed by atoms with Crippen LogP contribution in [0.2, 0.25) is 0 Å². The maximum atomic E-state index is 12.9. The minimum absolute atomic E-state index is 0.140. The van der Waals surface area contributed by atoms with Gasteiger partial charge in [-0.2, -0.15) is 0 Å². The lowest BCUT2D eigenvalue weighted by molar-refractivity contribution is -0.115. The zero-order valence-corrected chi connectivity index (χ0v) is 18.5. The molecular weight excluding hydrogens is 414 g/mol. The summed E-state index contributed by atoms with van der Waals surface area (Å²) in [4.78, 5) is 34.6. The van der Waals surface area contributed by atoms with Crippen molar-refractivity contribution in [2.75, 3.05) is 5.32 Å². The zero-order valence-electron chi connectivity index (χ0n) is 16.9. The third kappa shape index (κ3) is 4.17. The number of aromatic amines is 1. The van der Waals surface area contributed by atoms with Gasteiger partial charge in [0.1, 0.15) is 4.83 Å². The van der Waals surface area contributed by atoms with Crippen molar-refractivity contribution in [2.24, 2.45) is 0 Å². The van der Waals surface area contributed by atoms with Crippen molar-refractivity contribution in [1.29, 1.82) is 0 Å². The van der Waals surface area contributed by atoms with Gasteiger partial charge in [-0.1, -0.05) is 59.8 Å². The van der Waals surface area contributed by atoms with E-state index in [0.29, 0.717) is 15.4 Å². The Bertz CT molecular complexity index is 1260. The summed E-state index contributed by atoms with van der Waals surface area (Å²) in [6, 6.07) is 17.5. The molecule has 5 nitrogen and oxygen atoms in total. The van der Waals surface area contributed by atoms with E-state index in [-0.39, 0.29) is 11.5 Å². The molecule has 0 saturated heterocycles. The monoisotopic (exact) mass is 435 g/mol. The first-order valence-electron chi connectivity index (χ1n) is 9.55. The maximum absolute atomic E-state index is 12.9. The Balaban J connectivity index is 1.59. The Morgan fingerprint density at radius 2 is 1.80 bits per heavy atom. The van der Waals surface area contributed by atoms with Crippen molar-refractivity contribution in [3.8, 4) is 11.1 Å². The molecule has 0 bridgehead atoms. The number of nitrogens with zero attached hydrogens (tertiary/aromatic N) is 1. The lowest BCUT2D eigenvalue weighted by Gasteiger charge is -2.11. The number of hydrogen-bond acceptors (Lipinski definition) is 5. The maximum Gasteiger partial charge on any atom is 0.260 e. The number of fused-ring (bicyclic) bond motifs is 1. The van der Waals surface area contributed by atoms with Crippen LogP contribution in [-0.2, 0) is 4.79 Å². The van der Waals surface area contributed by atoms with Crippen molar-refractivity contribution >= 4 is 44.9 Å². The van der Waals surface area contributed by atoms with E-state index in [1.807, 2.05) is 68.4 Å². The van der Waals surface area contributed by atoms with E-state index in [9.17, 15) is 9.59 Å². The molecule has 0 radical (unpaired) electrons. The van der Waals surface area contributed by atoms with Gasteiger partial charge in [0.05, 0.1) is 10.6 Å². The molecule has 2 aromatic heterocycles. The number of rotatable bonds is 5. The predicted octanol–water partition coefficient (Wildman–Crippen LogP) is 5.39. The van der Waals surface area contributed by atoms with Gasteiger partial charge in [0, 0.05) is 16.1 Å². The van der Waals surface area contributed by atoms with E-state index in [2.05, 4.69) is 15.3 Å². The van der Waals surface area contributed by atoms with Gasteiger partial charge >= 0.3 is 0 Å². The van der Waals surface area contributed by atoms with E-state index in [1.54, 1.807) is 6.92 Å². The molecule has 1 atom stereocenters. The molecule has 2 N–H and O–H groups in total. The Kier molecular flexibility index (Phi) is 5.74. The van der Waals surface area contributed by atoms with E-state index in [0.717, 1.165) is 27.3 Å². The van der Waals surface area contributed by atoms with Gasteiger partial charge < -0.3 is 10.3 Å². The van der Waals surface area contributed by atoms with Crippen molar-refractivity contribution in [3.05, 3.63) is 75.4 Å². The second-order valence-electron chi connectivity index (χ2n) is 7.07. The Morgan fingerprint density at radius 1 is 1.10 bits per heavy atom. The fourth-order valence-corrected chi connectivity index (χ4v) is 5.11. The van der Waals surface area contributed by atoms with Gasteiger partial charge in [-0.25, -0.2) is 4.98 Å². The van der Waals surface area contributed by atoms with Crippen LogP contribution in [0.5, 0.6) is 0 Å². The lowest BCUT2D eigenvalue weighted by atomic mass is 10.0. The quantitative estimate of drug-likeness (QED) is 0.326. The van der Waals surface area contributed by atoms with Crippen LogP contribution in [0.4, 0.5) is 5.69 Å². The predicted molar refractivity (Wildman–Crippen MR) is 126 cm³/mol. The first-order chi connectivity index (χ1) is 14.4. The minimum Gasteiger partial charge on any atom is -0.325 e. The highest BCUT2D eigenvalue weighted by Gasteiger charge is 2.20. The normalized spacial score (nSPS) is 12.1. The zero-order chi connectivity index (χ0) is 21.3. The molecular formula is C23H21N3O2S2. The molecule has 2 aromatic carbocycles. The van der Waals surface area contributed by atoms with Crippen molar-refractivity contribution < 1.29 is 4.79 Å². The van der Waals surface area contributed by atoms with Gasteiger partial charge in [0.25, 0.3) is 5.56 Å². The summed E-state index contributed by atoms with van der Waals surface area (Å²) < 4.78 is 0. The van der Waals surface area contributed by atoms with Gasteiger partial charge in [0.15, 0.2) is 5.16 Å². The van der Waals surface area contributed by atoms with Crippen LogP contribution in [-0.4, -0.2) is 21.1 Å². The number of carbonyl (C=O) groups excluding carboxylic acids is 1. The number of aromatic nitrogens is 2. The molecule has 1 amide bonds. The van der Waals surface area contributed by atoms with E-state index >= 15 is 0 Å². The summed E-state index contributed by atoms with van der Waals surface area (Å²) in [5, 5.41) is 3.53. The lowest BCUT2D eigenvalue weighted by Crippen LogP contribution is -2.23. The Labute approximate surface area is 182 Å². The largest absolute Gasteiger partial charge is 0.325 e. The molecule has 0 saturated carbocycles. The van der Waals surface area contributed by atoms with Gasteiger partial charge in [-0.05, 0) is 38.5 Å². The third-order valence-electron chi connectivity index (χ3n) is 4.76. The van der Waals surface area contributed by atoms with Crippen molar-refractivity contribution in [2.45, 2.75) is 31.2 Å². The summed E-state index contributed by atoms with van der Waals surface area (Å²) in [6.07, 6.45) is 0. The fourth-order valence-electron chi connectivity index (χ4n) is 3.21. The topological polar surface area (TPSA) is 74.8 Å². The molecule has 2 heterocycles. The minimum atomic E-state index is -0.415. The fraction of sp³-hybridized carbons (Fsp3) is 0.174. The number of thioether (sulfide) groups is 1. The molecule has 30 heavy (non-hydrogen) atoms. The highest BCUT2D eigenvalue weighted by atomic mass is 32.2. The number of anilines is 1.